The maximum absolute atomic E-state index is 12.5. The monoisotopic (exact) mass is 303 g/mol. The summed E-state index contributed by atoms with van der Waals surface area (Å²) < 4.78 is 0. The summed E-state index contributed by atoms with van der Waals surface area (Å²) in [6.45, 7) is 2.70. The zero-order chi connectivity index (χ0) is 15.5. The third-order valence-electron chi connectivity index (χ3n) is 4.58. The number of hydrogen-bond donors (Lipinski definition) is 1. The normalized spacial score (nSPS) is 22.8. The second-order valence-corrected chi connectivity index (χ2v) is 5.98. The van der Waals surface area contributed by atoms with Gasteiger partial charge in [-0.25, -0.2) is 9.97 Å². The first-order chi connectivity index (χ1) is 10.6. The summed E-state index contributed by atoms with van der Waals surface area (Å²) in [5.41, 5.74) is 5.32. The number of likely N-dealkylation sites (tertiary alicyclic amines) is 1. The van der Waals surface area contributed by atoms with E-state index in [1.165, 1.54) is 0 Å². The van der Waals surface area contributed by atoms with Crippen molar-refractivity contribution < 1.29 is 9.59 Å². The molecule has 0 aliphatic carbocycles. The standard InChI is InChI=1S/C15H21N5O2/c16-13(21)12-4-9-20(10-12)14(22)11-2-7-19(8-3-11)15-17-5-1-6-18-15/h1,5-6,11-12H,2-4,7-10H2,(H2,16,21). The number of amides is 2. The van der Waals surface area contributed by atoms with Gasteiger partial charge in [0.25, 0.3) is 0 Å². The molecule has 1 atom stereocenters. The first-order valence-corrected chi connectivity index (χ1v) is 7.75. The van der Waals surface area contributed by atoms with Gasteiger partial charge in [0.2, 0.25) is 17.8 Å². The van der Waals surface area contributed by atoms with Gasteiger partial charge in [-0.1, -0.05) is 0 Å². The van der Waals surface area contributed by atoms with E-state index in [2.05, 4.69) is 14.9 Å². The van der Waals surface area contributed by atoms with Gasteiger partial charge in [-0.05, 0) is 25.3 Å². The van der Waals surface area contributed by atoms with Crippen LogP contribution in [0, 0.1) is 11.8 Å². The second kappa shape index (κ2) is 6.29. The lowest BCUT2D eigenvalue weighted by molar-refractivity contribution is -0.135. The molecule has 2 fully saturated rings. The van der Waals surface area contributed by atoms with Crippen molar-refractivity contribution in [1.82, 2.24) is 14.9 Å². The number of rotatable bonds is 3. The van der Waals surface area contributed by atoms with Crippen molar-refractivity contribution >= 4 is 17.8 Å². The van der Waals surface area contributed by atoms with E-state index in [-0.39, 0.29) is 23.7 Å². The van der Waals surface area contributed by atoms with Crippen LogP contribution in [0.5, 0.6) is 0 Å². The number of nitrogens with zero attached hydrogens (tertiary/aromatic N) is 4. The van der Waals surface area contributed by atoms with Gasteiger partial charge in [-0.15, -0.1) is 0 Å². The molecule has 0 spiro atoms. The smallest absolute Gasteiger partial charge is 0.225 e. The summed E-state index contributed by atoms with van der Waals surface area (Å²) in [5.74, 6) is 0.445. The molecule has 2 aliphatic rings. The minimum absolute atomic E-state index is 0.0339. The van der Waals surface area contributed by atoms with E-state index in [9.17, 15) is 9.59 Å². The van der Waals surface area contributed by atoms with Crippen molar-refractivity contribution in [1.29, 1.82) is 0 Å². The first kappa shape index (κ1) is 14.7. The molecule has 2 saturated heterocycles. The Bertz CT molecular complexity index is 542. The van der Waals surface area contributed by atoms with E-state index in [0.717, 1.165) is 31.9 Å². The Balaban J connectivity index is 1.53. The third kappa shape index (κ3) is 3.03. The van der Waals surface area contributed by atoms with Gasteiger partial charge in [0.1, 0.15) is 0 Å². The molecular weight excluding hydrogens is 282 g/mol. The van der Waals surface area contributed by atoms with Crippen LogP contribution in [0.4, 0.5) is 5.95 Å². The minimum Gasteiger partial charge on any atom is -0.369 e. The molecule has 22 heavy (non-hydrogen) atoms. The van der Waals surface area contributed by atoms with E-state index in [1.807, 2.05) is 0 Å². The molecule has 118 valence electrons. The van der Waals surface area contributed by atoms with Gasteiger partial charge < -0.3 is 15.5 Å². The Morgan fingerprint density at radius 2 is 1.68 bits per heavy atom. The van der Waals surface area contributed by atoms with Crippen LogP contribution in [0.1, 0.15) is 19.3 Å². The molecule has 1 aromatic rings. The lowest BCUT2D eigenvalue weighted by Crippen LogP contribution is -2.42. The second-order valence-electron chi connectivity index (χ2n) is 5.98. The van der Waals surface area contributed by atoms with Crippen LogP contribution in [0.15, 0.2) is 18.5 Å². The Morgan fingerprint density at radius 1 is 1.05 bits per heavy atom. The zero-order valence-electron chi connectivity index (χ0n) is 12.5. The number of anilines is 1. The van der Waals surface area contributed by atoms with Gasteiger partial charge in [-0.2, -0.15) is 0 Å². The Morgan fingerprint density at radius 3 is 2.27 bits per heavy atom. The molecule has 1 unspecified atom stereocenters. The fourth-order valence-electron chi connectivity index (χ4n) is 3.23. The van der Waals surface area contributed by atoms with Crippen molar-refractivity contribution in [3.05, 3.63) is 18.5 Å². The van der Waals surface area contributed by atoms with Gasteiger partial charge in [0.15, 0.2) is 0 Å². The van der Waals surface area contributed by atoms with Crippen LogP contribution in [-0.4, -0.2) is 52.9 Å². The maximum Gasteiger partial charge on any atom is 0.225 e. The largest absolute Gasteiger partial charge is 0.369 e. The summed E-state index contributed by atoms with van der Waals surface area (Å²) >= 11 is 0. The van der Waals surface area contributed by atoms with Gasteiger partial charge in [-0.3, -0.25) is 9.59 Å². The topological polar surface area (TPSA) is 92.4 Å². The number of aromatic nitrogens is 2. The highest BCUT2D eigenvalue weighted by Crippen LogP contribution is 2.25. The van der Waals surface area contributed by atoms with Crippen molar-refractivity contribution in [2.24, 2.45) is 17.6 Å². The van der Waals surface area contributed by atoms with E-state index in [1.54, 1.807) is 23.4 Å². The highest BCUT2D eigenvalue weighted by molar-refractivity contribution is 5.82. The van der Waals surface area contributed by atoms with E-state index >= 15 is 0 Å². The van der Waals surface area contributed by atoms with E-state index in [0.29, 0.717) is 19.5 Å². The molecule has 0 saturated carbocycles. The van der Waals surface area contributed by atoms with E-state index in [4.69, 9.17) is 5.73 Å². The van der Waals surface area contributed by atoms with Crippen LogP contribution >= 0.6 is 0 Å². The molecule has 0 radical (unpaired) electrons. The van der Waals surface area contributed by atoms with Crippen LogP contribution < -0.4 is 10.6 Å². The predicted octanol–water partition coefficient (Wildman–Crippen LogP) is 0.0268. The van der Waals surface area contributed by atoms with Gasteiger partial charge in [0.05, 0.1) is 5.92 Å². The number of carbonyl (C=O) groups is 2. The summed E-state index contributed by atoms with van der Waals surface area (Å²) in [7, 11) is 0. The van der Waals surface area contributed by atoms with E-state index < -0.39 is 0 Å². The first-order valence-electron chi connectivity index (χ1n) is 7.75. The van der Waals surface area contributed by atoms with Gasteiger partial charge >= 0.3 is 0 Å². The fourth-order valence-corrected chi connectivity index (χ4v) is 3.23. The molecule has 7 nitrogen and oxygen atoms in total. The Kier molecular flexibility index (Phi) is 4.22. The SMILES string of the molecule is NC(=O)C1CCN(C(=O)C2CCN(c3ncccn3)CC2)C1. The highest BCUT2D eigenvalue weighted by Gasteiger charge is 2.34. The van der Waals surface area contributed by atoms with Crippen molar-refractivity contribution in [3.8, 4) is 0 Å². The lowest BCUT2D eigenvalue weighted by Gasteiger charge is -2.33. The summed E-state index contributed by atoms with van der Waals surface area (Å²) in [6, 6.07) is 1.79. The number of hydrogen-bond acceptors (Lipinski definition) is 5. The quantitative estimate of drug-likeness (QED) is 0.850. The third-order valence-corrected chi connectivity index (χ3v) is 4.58. The Labute approximate surface area is 129 Å². The van der Waals surface area contributed by atoms with Gasteiger partial charge in [0, 0.05) is 44.5 Å². The van der Waals surface area contributed by atoms with Crippen LogP contribution in [0.25, 0.3) is 0 Å². The molecule has 2 amide bonds. The summed E-state index contributed by atoms with van der Waals surface area (Å²) in [5, 5.41) is 0. The van der Waals surface area contributed by atoms with Crippen molar-refractivity contribution in [2.75, 3.05) is 31.1 Å². The van der Waals surface area contributed by atoms with Crippen LogP contribution in [0.2, 0.25) is 0 Å². The predicted molar refractivity (Wildman–Crippen MR) is 80.9 cm³/mol. The number of piperidine rings is 1. The number of nitrogens with two attached hydrogens (primary N) is 1. The van der Waals surface area contributed by atoms with Crippen molar-refractivity contribution in [2.45, 2.75) is 19.3 Å². The molecule has 0 aromatic carbocycles. The van der Waals surface area contributed by atoms with Crippen molar-refractivity contribution in [3.63, 3.8) is 0 Å². The molecule has 2 N–H and O–H groups in total. The molecular formula is C15H21N5O2. The zero-order valence-corrected chi connectivity index (χ0v) is 12.5. The molecule has 0 bridgehead atoms. The van der Waals surface area contributed by atoms with Crippen LogP contribution in [-0.2, 0) is 9.59 Å². The molecule has 3 rings (SSSR count). The number of carbonyl (C=O) groups excluding carboxylic acids is 2. The fraction of sp³-hybridized carbons (Fsp3) is 0.600. The average Bonchev–Trinajstić information content (AvgIpc) is 3.05. The van der Waals surface area contributed by atoms with Crippen LogP contribution in [0.3, 0.4) is 0 Å². The molecule has 3 heterocycles. The number of primary amides is 1. The molecule has 2 aliphatic heterocycles. The highest BCUT2D eigenvalue weighted by atomic mass is 16.2. The average molecular weight is 303 g/mol. The summed E-state index contributed by atoms with van der Waals surface area (Å²) in [4.78, 5) is 36.2. The maximum atomic E-state index is 12.5. The summed E-state index contributed by atoms with van der Waals surface area (Å²) in [6.07, 6.45) is 5.75. The molecule has 7 heteroatoms. The molecule has 1 aromatic heterocycles. The lowest BCUT2D eigenvalue weighted by atomic mass is 9.95. The Hall–Kier alpha value is -2.18. The minimum atomic E-state index is -0.300.